The maximum absolute atomic E-state index is 10.9. The lowest BCUT2D eigenvalue weighted by Gasteiger charge is -2.07. The zero-order valence-electron chi connectivity index (χ0n) is 10.7. The quantitative estimate of drug-likeness (QED) is 0.646. The van der Waals surface area contributed by atoms with Gasteiger partial charge in [0.05, 0.1) is 19.1 Å². The number of nitro groups is 1. The van der Waals surface area contributed by atoms with Crippen molar-refractivity contribution in [3.8, 4) is 12.0 Å². The Balaban J connectivity index is 2.37. The fourth-order valence-electron chi connectivity index (χ4n) is 1.44. The first kappa shape index (κ1) is 13.5. The predicted octanol–water partition coefficient (Wildman–Crippen LogP) is 1.54. The standard InChI is InChI=1S/C11H11N5O4/c1-19-10-13-9(14-11(15-10)20-2)12-7-5-3-4-6-8(7)16(17)18/h3-6H,1-2H3,(H,12,13,14,15). The number of para-hydroxylation sites is 2. The summed E-state index contributed by atoms with van der Waals surface area (Å²) in [5.74, 6) is 0.0861. The van der Waals surface area contributed by atoms with Gasteiger partial charge in [-0.15, -0.1) is 4.98 Å². The number of hydrogen-bond acceptors (Lipinski definition) is 8. The Labute approximate surface area is 113 Å². The van der Waals surface area contributed by atoms with Crippen LogP contribution in [0.2, 0.25) is 0 Å². The predicted molar refractivity (Wildman–Crippen MR) is 69.3 cm³/mol. The van der Waals surface area contributed by atoms with Crippen LogP contribution in [0.5, 0.6) is 12.0 Å². The van der Waals surface area contributed by atoms with E-state index in [1.54, 1.807) is 18.2 Å². The highest BCUT2D eigenvalue weighted by Crippen LogP contribution is 2.26. The number of rotatable bonds is 5. The molecule has 0 saturated heterocycles. The van der Waals surface area contributed by atoms with Crippen LogP contribution in [0.1, 0.15) is 0 Å². The fraction of sp³-hybridized carbons (Fsp3) is 0.182. The molecule has 0 spiro atoms. The van der Waals surface area contributed by atoms with Gasteiger partial charge in [0.1, 0.15) is 5.69 Å². The molecule has 1 N–H and O–H groups in total. The van der Waals surface area contributed by atoms with E-state index in [4.69, 9.17) is 9.47 Å². The Hall–Kier alpha value is -2.97. The lowest BCUT2D eigenvalue weighted by molar-refractivity contribution is -0.383. The summed E-state index contributed by atoms with van der Waals surface area (Å²) in [7, 11) is 2.78. The second-order valence-corrected chi connectivity index (χ2v) is 3.53. The molecule has 2 aromatic rings. The van der Waals surface area contributed by atoms with Crippen molar-refractivity contribution >= 4 is 17.3 Å². The van der Waals surface area contributed by atoms with Gasteiger partial charge in [-0.05, 0) is 6.07 Å². The molecule has 0 aliphatic carbocycles. The normalized spacial score (nSPS) is 9.90. The molecule has 0 fully saturated rings. The van der Waals surface area contributed by atoms with E-state index in [0.29, 0.717) is 0 Å². The van der Waals surface area contributed by atoms with Gasteiger partial charge < -0.3 is 14.8 Å². The first-order chi connectivity index (χ1) is 9.63. The number of hydrogen-bond donors (Lipinski definition) is 1. The second kappa shape index (κ2) is 5.78. The average Bonchev–Trinajstić information content (AvgIpc) is 2.47. The summed E-state index contributed by atoms with van der Waals surface area (Å²) in [5.41, 5.74) is 0.165. The molecule has 20 heavy (non-hydrogen) atoms. The first-order valence-corrected chi connectivity index (χ1v) is 5.48. The molecule has 2 rings (SSSR count). The van der Waals surface area contributed by atoms with E-state index >= 15 is 0 Å². The maximum atomic E-state index is 10.9. The lowest BCUT2D eigenvalue weighted by Crippen LogP contribution is -2.05. The third-order valence-corrected chi connectivity index (χ3v) is 2.31. The lowest BCUT2D eigenvalue weighted by atomic mass is 10.3. The molecule has 1 aromatic carbocycles. The largest absolute Gasteiger partial charge is 0.467 e. The van der Waals surface area contributed by atoms with Crippen LogP contribution in [0.4, 0.5) is 17.3 Å². The highest BCUT2D eigenvalue weighted by molar-refractivity contribution is 5.66. The molecule has 0 radical (unpaired) electrons. The number of nitrogens with zero attached hydrogens (tertiary/aromatic N) is 4. The molecule has 9 nitrogen and oxygen atoms in total. The van der Waals surface area contributed by atoms with E-state index in [2.05, 4.69) is 20.3 Å². The van der Waals surface area contributed by atoms with Crippen LogP contribution in [0.25, 0.3) is 0 Å². The average molecular weight is 277 g/mol. The van der Waals surface area contributed by atoms with Gasteiger partial charge in [0.25, 0.3) is 5.69 Å². The summed E-state index contributed by atoms with van der Waals surface area (Å²) in [6, 6.07) is 6.22. The SMILES string of the molecule is COc1nc(Nc2ccccc2[N+](=O)[O-])nc(OC)n1. The minimum atomic E-state index is -0.502. The highest BCUT2D eigenvalue weighted by Gasteiger charge is 2.15. The number of nitro benzene ring substituents is 1. The van der Waals surface area contributed by atoms with Crippen LogP contribution in [0.3, 0.4) is 0 Å². The molecule has 0 aliphatic rings. The van der Waals surface area contributed by atoms with Gasteiger partial charge in [0.15, 0.2) is 0 Å². The van der Waals surface area contributed by atoms with Crippen LogP contribution in [0, 0.1) is 10.1 Å². The minimum absolute atomic E-state index is 0.0398. The summed E-state index contributed by atoms with van der Waals surface area (Å²) < 4.78 is 9.79. The maximum Gasteiger partial charge on any atom is 0.324 e. The number of benzene rings is 1. The molecular weight excluding hydrogens is 266 g/mol. The van der Waals surface area contributed by atoms with Crippen molar-refractivity contribution in [1.29, 1.82) is 0 Å². The number of ether oxygens (including phenoxy) is 2. The van der Waals surface area contributed by atoms with E-state index in [0.717, 1.165) is 0 Å². The summed E-state index contributed by atoms with van der Waals surface area (Å²) >= 11 is 0. The van der Waals surface area contributed by atoms with Crippen LogP contribution < -0.4 is 14.8 Å². The molecule has 0 atom stereocenters. The van der Waals surface area contributed by atoms with Crippen molar-refractivity contribution in [1.82, 2.24) is 15.0 Å². The van der Waals surface area contributed by atoms with Crippen molar-refractivity contribution in [2.24, 2.45) is 0 Å². The molecular formula is C11H11N5O4. The second-order valence-electron chi connectivity index (χ2n) is 3.53. The molecule has 9 heteroatoms. The zero-order valence-corrected chi connectivity index (χ0v) is 10.7. The van der Waals surface area contributed by atoms with Crippen molar-refractivity contribution in [2.45, 2.75) is 0 Å². The van der Waals surface area contributed by atoms with Crippen molar-refractivity contribution in [2.75, 3.05) is 19.5 Å². The number of nitrogens with one attached hydrogen (secondary N) is 1. The van der Waals surface area contributed by atoms with Gasteiger partial charge in [0.2, 0.25) is 5.95 Å². The topological polar surface area (TPSA) is 112 Å². The van der Waals surface area contributed by atoms with Gasteiger partial charge in [-0.2, -0.15) is 9.97 Å². The molecule has 0 aliphatic heterocycles. The van der Waals surface area contributed by atoms with E-state index in [1.807, 2.05) is 0 Å². The van der Waals surface area contributed by atoms with Crippen LogP contribution in [0.15, 0.2) is 24.3 Å². The minimum Gasteiger partial charge on any atom is -0.467 e. The van der Waals surface area contributed by atoms with Crippen LogP contribution >= 0.6 is 0 Å². The van der Waals surface area contributed by atoms with Gasteiger partial charge in [-0.1, -0.05) is 12.1 Å². The van der Waals surface area contributed by atoms with Gasteiger partial charge in [0, 0.05) is 6.07 Å². The summed E-state index contributed by atoms with van der Waals surface area (Å²) in [6.07, 6.45) is 0. The molecule has 0 amide bonds. The highest BCUT2D eigenvalue weighted by atomic mass is 16.6. The van der Waals surface area contributed by atoms with Gasteiger partial charge in [-0.3, -0.25) is 10.1 Å². The first-order valence-electron chi connectivity index (χ1n) is 5.48. The molecule has 0 unspecified atom stereocenters. The molecule has 1 heterocycles. The Kier molecular flexibility index (Phi) is 3.89. The third kappa shape index (κ3) is 2.88. The number of anilines is 2. The summed E-state index contributed by atoms with van der Waals surface area (Å²) in [5, 5.41) is 13.7. The molecule has 104 valence electrons. The molecule has 0 saturated carbocycles. The molecule has 1 aromatic heterocycles. The van der Waals surface area contributed by atoms with Crippen molar-refractivity contribution in [3.63, 3.8) is 0 Å². The van der Waals surface area contributed by atoms with Crippen molar-refractivity contribution < 1.29 is 14.4 Å². The Morgan fingerprint density at radius 1 is 1.10 bits per heavy atom. The van der Waals surface area contributed by atoms with E-state index in [-0.39, 0.29) is 29.3 Å². The van der Waals surface area contributed by atoms with E-state index in [9.17, 15) is 10.1 Å². The molecule has 0 bridgehead atoms. The Bertz CT molecular complexity index is 612. The number of methoxy groups -OCH3 is 2. The van der Waals surface area contributed by atoms with Crippen LogP contribution in [-0.2, 0) is 0 Å². The monoisotopic (exact) mass is 277 g/mol. The summed E-state index contributed by atoms with van der Waals surface area (Å²) in [6.45, 7) is 0. The van der Waals surface area contributed by atoms with E-state index < -0.39 is 4.92 Å². The Morgan fingerprint density at radius 3 is 2.25 bits per heavy atom. The zero-order chi connectivity index (χ0) is 14.5. The third-order valence-electron chi connectivity index (χ3n) is 2.31. The summed E-state index contributed by atoms with van der Waals surface area (Å²) in [4.78, 5) is 22.1. The van der Waals surface area contributed by atoms with Gasteiger partial charge in [-0.25, -0.2) is 0 Å². The smallest absolute Gasteiger partial charge is 0.324 e. The van der Waals surface area contributed by atoms with Gasteiger partial charge >= 0.3 is 12.0 Å². The fourth-order valence-corrected chi connectivity index (χ4v) is 1.44. The van der Waals surface area contributed by atoms with Crippen molar-refractivity contribution in [3.05, 3.63) is 34.4 Å². The Morgan fingerprint density at radius 2 is 1.70 bits per heavy atom. The number of aromatic nitrogens is 3. The van der Waals surface area contributed by atoms with E-state index in [1.165, 1.54) is 20.3 Å². The van der Waals surface area contributed by atoms with Crippen LogP contribution in [-0.4, -0.2) is 34.1 Å².